The number of nitrogens with one attached hydrogen (secondary N) is 2. The summed E-state index contributed by atoms with van der Waals surface area (Å²) < 4.78 is 5.24. The number of benzene rings is 1. The summed E-state index contributed by atoms with van der Waals surface area (Å²) in [6.07, 6.45) is 0.469. The Hall–Kier alpha value is -1.26. The van der Waals surface area contributed by atoms with Gasteiger partial charge in [0.15, 0.2) is 0 Å². The molecule has 5 heteroatoms. The Bertz CT molecular complexity index is 397. The quantitative estimate of drug-likeness (QED) is 0.745. The van der Waals surface area contributed by atoms with E-state index < -0.39 is 0 Å². The lowest BCUT2D eigenvalue weighted by Gasteiger charge is -2.10. The summed E-state index contributed by atoms with van der Waals surface area (Å²) >= 11 is 5.93. The highest BCUT2D eigenvalue weighted by molar-refractivity contribution is 6.30. The monoisotopic (exact) mass is 270 g/mol. The maximum absolute atomic E-state index is 11.2. The lowest BCUT2D eigenvalue weighted by molar-refractivity contribution is -0.120. The van der Waals surface area contributed by atoms with Crippen LogP contribution in [0.1, 0.15) is 18.9 Å². The first-order valence-corrected chi connectivity index (χ1v) is 6.35. The van der Waals surface area contributed by atoms with Gasteiger partial charge in [-0.15, -0.1) is 0 Å². The Labute approximate surface area is 113 Å². The molecule has 18 heavy (non-hydrogen) atoms. The van der Waals surface area contributed by atoms with Crippen molar-refractivity contribution in [3.8, 4) is 5.75 Å². The van der Waals surface area contributed by atoms with E-state index in [4.69, 9.17) is 16.3 Å². The fraction of sp³-hybridized carbons (Fsp3) is 0.462. The molecule has 1 aromatic rings. The lowest BCUT2D eigenvalue weighted by Crippen LogP contribution is -2.27. The number of rotatable bonds is 7. The van der Waals surface area contributed by atoms with Crippen LogP contribution in [0.25, 0.3) is 0 Å². The van der Waals surface area contributed by atoms with E-state index in [2.05, 4.69) is 10.6 Å². The van der Waals surface area contributed by atoms with Gasteiger partial charge < -0.3 is 15.4 Å². The molecule has 1 amide bonds. The molecule has 100 valence electrons. The van der Waals surface area contributed by atoms with Gasteiger partial charge in [0.2, 0.25) is 5.91 Å². The summed E-state index contributed by atoms with van der Waals surface area (Å²) in [5.74, 6) is 0.855. The van der Waals surface area contributed by atoms with Gasteiger partial charge in [0.1, 0.15) is 5.75 Å². The standard InChI is InChI=1S/C13H19ClN2O2/c1-3-16-13(17)6-7-15-9-10-8-11(14)4-5-12(10)18-2/h4-5,8,15H,3,6-7,9H2,1-2H3,(H,16,17). The zero-order valence-electron chi connectivity index (χ0n) is 10.8. The van der Waals surface area contributed by atoms with Crippen LogP contribution < -0.4 is 15.4 Å². The Morgan fingerprint density at radius 1 is 1.44 bits per heavy atom. The second-order valence-corrected chi connectivity index (χ2v) is 4.27. The van der Waals surface area contributed by atoms with Crippen LogP contribution in [0.2, 0.25) is 5.02 Å². The predicted molar refractivity (Wildman–Crippen MR) is 73.0 cm³/mol. The minimum absolute atomic E-state index is 0.0584. The molecular formula is C13H19ClN2O2. The third-order valence-electron chi connectivity index (χ3n) is 2.46. The van der Waals surface area contributed by atoms with E-state index in [1.54, 1.807) is 13.2 Å². The lowest BCUT2D eigenvalue weighted by atomic mass is 10.2. The summed E-state index contributed by atoms with van der Waals surface area (Å²) in [6, 6.07) is 5.49. The van der Waals surface area contributed by atoms with Gasteiger partial charge in [-0.05, 0) is 25.1 Å². The van der Waals surface area contributed by atoms with Gasteiger partial charge >= 0.3 is 0 Å². The van der Waals surface area contributed by atoms with Gasteiger partial charge in [-0.3, -0.25) is 4.79 Å². The molecule has 0 saturated heterocycles. The van der Waals surface area contributed by atoms with Crippen LogP contribution in [0.5, 0.6) is 5.75 Å². The molecule has 0 fully saturated rings. The fourth-order valence-corrected chi connectivity index (χ4v) is 1.79. The minimum Gasteiger partial charge on any atom is -0.496 e. The van der Waals surface area contributed by atoms with E-state index in [1.165, 1.54) is 0 Å². The fourth-order valence-electron chi connectivity index (χ4n) is 1.60. The molecule has 2 N–H and O–H groups in total. The van der Waals surface area contributed by atoms with Crippen molar-refractivity contribution in [3.63, 3.8) is 0 Å². The smallest absolute Gasteiger partial charge is 0.221 e. The molecule has 0 radical (unpaired) electrons. The highest BCUT2D eigenvalue weighted by Gasteiger charge is 2.04. The number of methoxy groups -OCH3 is 1. The topological polar surface area (TPSA) is 50.4 Å². The summed E-state index contributed by atoms with van der Waals surface area (Å²) in [5.41, 5.74) is 0.987. The molecule has 0 saturated carbocycles. The van der Waals surface area contributed by atoms with Crippen LogP contribution in [-0.2, 0) is 11.3 Å². The molecule has 1 rings (SSSR count). The van der Waals surface area contributed by atoms with E-state index in [-0.39, 0.29) is 5.91 Å². The van der Waals surface area contributed by atoms with E-state index >= 15 is 0 Å². The van der Waals surface area contributed by atoms with Crippen LogP contribution in [0.15, 0.2) is 18.2 Å². The van der Waals surface area contributed by atoms with Crippen molar-refractivity contribution in [3.05, 3.63) is 28.8 Å². The molecule has 4 nitrogen and oxygen atoms in total. The van der Waals surface area contributed by atoms with E-state index in [1.807, 2.05) is 19.1 Å². The maximum Gasteiger partial charge on any atom is 0.221 e. The number of hydrogen-bond acceptors (Lipinski definition) is 3. The SMILES string of the molecule is CCNC(=O)CCNCc1cc(Cl)ccc1OC. The van der Waals surface area contributed by atoms with Crippen LogP contribution in [0, 0.1) is 0 Å². The molecule has 1 aromatic carbocycles. The summed E-state index contributed by atoms with van der Waals surface area (Å²) in [4.78, 5) is 11.2. The predicted octanol–water partition coefficient (Wildman–Crippen LogP) is 1.96. The van der Waals surface area contributed by atoms with Crippen molar-refractivity contribution in [2.75, 3.05) is 20.2 Å². The Balaban J connectivity index is 2.39. The Kier molecular flexibility index (Phi) is 6.54. The number of hydrogen-bond donors (Lipinski definition) is 2. The van der Waals surface area contributed by atoms with Gasteiger partial charge in [0, 0.05) is 36.6 Å². The largest absolute Gasteiger partial charge is 0.496 e. The molecule has 0 bridgehead atoms. The average molecular weight is 271 g/mol. The van der Waals surface area contributed by atoms with Crippen molar-refractivity contribution in [1.29, 1.82) is 0 Å². The average Bonchev–Trinajstić information content (AvgIpc) is 2.35. The van der Waals surface area contributed by atoms with Crippen LogP contribution >= 0.6 is 11.6 Å². The molecule has 0 spiro atoms. The van der Waals surface area contributed by atoms with Gasteiger partial charge in [-0.25, -0.2) is 0 Å². The number of carbonyl (C=O) groups is 1. The van der Waals surface area contributed by atoms with Crippen molar-refractivity contribution in [1.82, 2.24) is 10.6 Å². The molecule has 0 unspecified atom stereocenters. The van der Waals surface area contributed by atoms with Crippen molar-refractivity contribution in [2.45, 2.75) is 19.9 Å². The summed E-state index contributed by atoms with van der Waals surface area (Å²) in [6.45, 7) is 3.83. The molecule has 0 aliphatic carbocycles. The van der Waals surface area contributed by atoms with E-state index in [0.717, 1.165) is 11.3 Å². The normalized spacial score (nSPS) is 10.2. The second-order valence-electron chi connectivity index (χ2n) is 3.84. The maximum atomic E-state index is 11.2. The highest BCUT2D eigenvalue weighted by Crippen LogP contribution is 2.22. The molecule has 0 heterocycles. The number of amides is 1. The summed E-state index contributed by atoms with van der Waals surface area (Å²) in [7, 11) is 1.63. The van der Waals surface area contributed by atoms with E-state index in [9.17, 15) is 4.79 Å². The molecule has 0 aliphatic heterocycles. The van der Waals surface area contributed by atoms with Gasteiger partial charge in [0.25, 0.3) is 0 Å². The first kappa shape index (κ1) is 14.8. The van der Waals surface area contributed by atoms with Crippen molar-refractivity contribution in [2.24, 2.45) is 0 Å². The number of ether oxygens (including phenoxy) is 1. The number of halogens is 1. The third-order valence-corrected chi connectivity index (χ3v) is 2.70. The third kappa shape index (κ3) is 4.94. The Morgan fingerprint density at radius 3 is 2.89 bits per heavy atom. The molecule has 0 aromatic heterocycles. The van der Waals surface area contributed by atoms with Gasteiger partial charge in [0.05, 0.1) is 7.11 Å². The molecule has 0 aliphatic rings. The van der Waals surface area contributed by atoms with Crippen molar-refractivity contribution < 1.29 is 9.53 Å². The summed E-state index contributed by atoms with van der Waals surface area (Å²) in [5, 5.41) is 6.62. The highest BCUT2D eigenvalue weighted by atomic mass is 35.5. The Morgan fingerprint density at radius 2 is 2.22 bits per heavy atom. The van der Waals surface area contributed by atoms with Crippen LogP contribution in [-0.4, -0.2) is 26.1 Å². The first-order valence-electron chi connectivity index (χ1n) is 5.97. The van der Waals surface area contributed by atoms with Gasteiger partial charge in [-0.2, -0.15) is 0 Å². The van der Waals surface area contributed by atoms with Gasteiger partial charge in [-0.1, -0.05) is 11.6 Å². The molecule has 0 atom stereocenters. The van der Waals surface area contributed by atoms with Crippen LogP contribution in [0.3, 0.4) is 0 Å². The van der Waals surface area contributed by atoms with Crippen LogP contribution in [0.4, 0.5) is 0 Å². The zero-order chi connectivity index (χ0) is 13.4. The number of carbonyl (C=O) groups excluding carboxylic acids is 1. The van der Waals surface area contributed by atoms with E-state index in [0.29, 0.717) is 31.1 Å². The van der Waals surface area contributed by atoms with Crippen molar-refractivity contribution >= 4 is 17.5 Å². The second kappa shape index (κ2) is 7.95. The molecular weight excluding hydrogens is 252 g/mol. The minimum atomic E-state index is 0.0584. The zero-order valence-corrected chi connectivity index (χ0v) is 11.5. The first-order chi connectivity index (χ1) is 8.67.